The number of benzene rings is 18. The standard InChI is InChI=1S/C43H27N5.C39H25N5.C36H22N6/c1-3-14-28(15-4-1)40-46-41(29-16-5-2-6-17-29)48-42(47-40)32-20-13-19-31(26-32)39-36-24-11-12-25-38(36)44-43(45-39)37-27-30-18-7-8-21-33(30)34-22-9-10-23-35(34)37;1-3-14-27(15-4-1)36-42-37(28-16-5-2-6-17-28)44-38(43-36)30-20-11-19-29(25-30)35-33-22-9-10-24-34(33)40-39(41-35)32-23-12-18-26-13-7-8-21-31(26)32;37-23-24-18-20-27(21-19-24)33-38-31-17-8-7-16-30(31)32(39-33)28-14-9-15-29(22-28)36-41-34(25-10-3-1-4-11-25)40-35(42-36)26-12-5-2-6-13-26/h1-27H;1-25H;1-22H. The summed E-state index contributed by atoms with van der Waals surface area (Å²) in [5.74, 6) is 7.50. The molecule has 0 saturated heterocycles. The quantitative estimate of drug-likeness (QED) is 0.0872. The zero-order chi connectivity index (χ0) is 89.5. The summed E-state index contributed by atoms with van der Waals surface area (Å²) in [7, 11) is 0. The van der Waals surface area contributed by atoms with Gasteiger partial charge in [-0.15, -0.1) is 0 Å². The minimum absolute atomic E-state index is 0.579. The van der Waals surface area contributed by atoms with Crippen LogP contribution in [0.4, 0.5) is 0 Å². The predicted molar refractivity (Wildman–Crippen MR) is 538 cm³/mol. The van der Waals surface area contributed by atoms with Gasteiger partial charge in [0.1, 0.15) is 0 Å². The summed E-state index contributed by atoms with van der Waals surface area (Å²) in [5, 5.41) is 19.1. The van der Waals surface area contributed by atoms with Crippen molar-refractivity contribution in [3.63, 3.8) is 0 Å². The Morgan fingerprint density at radius 3 is 0.761 bits per heavy atom. The Kier molecular flexibility index (Phi) is 22.1. The Morgan fingerprint density at radius 2 is 0.388 bits per heavy atom. The molecule has 0 aliphatic heterocycles. The first-order valence-electron chi connectivity index (χ1n) is 44.0. The molecule has 6 aromatic heterocycles. The van der Waals surface area contributed by atoms with Crippen LogP contribution in [0, 0.1) is 11.3 Å². The molecule has 0 unspecified atom stereocenters. The van der Waals surface area contributed by atoms with Crippen LogP contribution in [-0.2, 0) is 0 Å². The molecule has 134 heavy (non-hydrogen) atoms. The first-order valence-corrected chi connectivity index (χ1v) is 44.0. The summed E-state index contributed by atoms with van der Waals surface area (Å²) in [6.07, 6.45) is 0. The maximum absolute atomic E-state index is 9.22. The number of rotatable bonds is 15. The van der Waals surface area contributed by atoms with E-state index in [4.69, 9.17) is 74.8 Å². The zero-order valence-electron chi connectivity index (χ0n) is 71.9. The number of aromatic nitrogens is 15. The topological polar surface area (TPSA) is 217 Å². The second-order valence-electron chi connectivity index (χ2n) is 32.0. The predicted octanol–water partition coefficient (Wildman–Crippen LogP) is 27.8. The molecule has 0 bridgehead atoms. The smallest absolute Gasteiger partial charge is 0.164 e. The van der Waals surface area contributed by atoms with Crippen LogP contribution >= 0.6 is 0 Å². The van der Waals surface area contributed by atoms with Gasteiger partial charge in [-0.2, -0.15) is 5.26 Å². The number of nitrogens with zero attached hydrogens (tertiary/aromatic N) is 16. The second-order valence-corrected chi connectivity index (χ2v) is 32.0. The van der Waals surface area contributed by atoms with Crippen molar-refractivity contribution in [2.24, 2.45) is 0 Å². The molecule has 24 aromatic rings. The van der Waals surface area contributed by atoms with Crippen molar-refractivity contribution in [1.82, 2.24) is 74.8 Å². The van der Waals surface area contributed by atoms with E-state index < -0.39 is 0 Å². The van der Waals surface area contributed by atoms with E-state index in [9.17, 15) is 5.26 Å². The Morgan fingerprint density at radius 1 is 0.142 bits per heavy atom. The van der Waals surface area contributed by atoms with Crippen molar-refractivity contribution >= 4 is 65.0 Å². The highest BCUT2D eigenvalue weighted by Crippen LogP contribution is 2.41. The molecule has 0 fully saturated rings. The summed E-state index contributed by atoms with van der Waals surface area (Å²) >= 11 is 0. The van der Waals surface area contributed by atoms with Gasteiger partial charge in [-0.05, 0) is 99.0 Å². The molecule has 0 aliphatic carbocycles. The van der Waals surface area contributed by atoms with Gasteiger partial charge in [0, 0.05) is 99.6 Å². The molecule has 0 atom stereocenters. The van der Waals surface area contributed by atoms with Crippen molar-refractivity contribution in [3.8, 4) is 176 Å². The first kappa shape index (κ1) is 81.1. The van der Waals surface area contributed by atoms with Crippen molar-refractivity contribution in [2.45, 2.75) is 0 Å². The minimum atomic E-state index is 0.579. The lowest BCUT2D eigenvalue weighted by atomic mass is 9.96. The SMILES string of the molecule is N#Cc1ccc(-c2nc(-c3cccc(-c4nc(-c5ccccc5)nc(-c5ccccc5)n4)c3)c3ccccc3n2)cc1.c1ccc(-c2nc(-c3ccccc3)nc(-c3cccc(-c4nc(-c5cc6ccccc6c6ccccc56)nc5ccccc45)c3)n2)cc1.c1ccc(-c2nc(-c3ccccc3)nc(-c3cccc(-c4nc(-c5cccc6ccccc56)nc5ccccc45)c3)n2)cc1. The summed E-state index contributed by atoms with van der Waals surface area (Å²) in [5.41, 5.74) is 19.6. The van der Waals surface area contributed by atoms with Crippen LogP contribution in [-0.4, -0.2) is 74.8 Å². The maximum Gasteiger partial charge on any atom is 0.164 e. The van der Waals surface area contributed by atoms with Gasteiger partial charge in [0.15, 0.2) is 69.9 Å². The number of hydrogen-bond donors (Lipinski definition) is 0. The largest absolute Gasteiger partial charge is 0.228 e. The Labute approximate surface area is 771 Å². The number of para-hydroxylation sites is 3. The normalized spacial score (nSPS) is 11.1. The van der Waals surface area contributed by atoms with Crippen LogP contribution in [0.15, 0.2) is 449 Å². The van der Waals surface area contributed by atoms with Crippen molar-refractivity contribution < 1.29 is 0 Å². The third-order valence-electron chi connectivity index (χ3n) is 23.4. The van der Waals surface area contributed by atoms with E-state index >= 15 is 0 Å². The van der Waals surface area contributed by atoms with Gasteiger partial charge in [-0.25, -0.2) is 74.8 Å². The molecule has 24 rings (SSSR count). The summed E-state index contributed by atoms with van der Waals surface area (Å²) in [4.78, 5) is 74.6. The fourth-order valence-corrected chi connectivity index (χ4v) is 16.8. The fourth-order valence-electron chi connectivity index (χ4n) is 16.8. The molecule has 0 spiro atoms. The van der Waals surface area contributed by atoms with Crippen molar-refractivity contribution in [1.29, 1.82) is 5.26 Å². The van der Waals surface area contributed by atoms with Crippen molar-refractivity contribution in [3.05, 3.63) is 454 Å². The van der Waals surface area contributed by atoms with Crippen LogP contribution in [0.5, 0.6) is 0 Å². The van der Waals surface area contributed by atoms with Crippen LogP contribution in [0.1, 0.15) is 5.56 Å². The fraction of sp³-hybridized carbons (Fsp3) is 0. The minimum Gasteiger partial charge on any atom is -0.228 e. The summed E-state index contributed by atoms with van der Waals surface area (Å²) in [6, 6.07) is 152. The van der Waals surface area contributed by atoms with E-state index in [0.717, 1.165) is 155 Å². The molecule has 0 amide bonds. The third kappa shape index (κ3) is 16.8. The molecule has 626 valence electrons. The highest BCUT2D eigenvalue weighted by atomic mass is 15.1. The van der Waals surface area contributed by atoms with Crippen LogP contribution in [0.25, 0.3) is 235 Å². The number of hydrogen-bond acceptors (Lipinski definition) is 16. The molecule has 16 heteroatoms. The summed E-state index contributed by atoms with van der Waals surface area (Å²) in [6.45, 7) is 0. The van der Waals surface area contributed by atoms with E-state index in [0.29, 0.717) is 75.5 Å². The van der Waals surface area contributed by atoms with Crippen LogP contribution < -0.4 is 0 Å². The average molecular weight is 1720 g/mol. The Balaban J connectivity index is 0.000000117. The lowest BCUT2D eigenvalue weighted by Crippen LogP contribution is -2.00. The van der Waals surface area contributed by atoms with E-state index in [1.165, 1.54) is 10.8 Å². The molecule has 0 aliphatic rings. The van der Waals surface area contributed by atoms with Crippen LogP contribution in [0.3, 0.4) is 0 Å². The van der Waals surface area contributed by atoms with Gasteiger partial charge in [-0.1, -0.05) is 382 Å². The third-order valence-corrected chi connectivity index (χ3v) is 23.4. The molecule has 6 heterocycles. The molecule has 0 radical (unpaired) electrons. The molecule has 0 saturated carbocycles. The highest BCUT2D eigenvalue weighted by Gasteiger charge is 2.23. The highest BCUT2D eigenvalue weighted by molar-refractivity contribution is 6.14. The first-order chi connectivity index (χ1) is 66.3. The van der Waals surface area contributed by atoms with Gasteiger partial charge in [-0.3, -0.25) is 0 Å². The summed E-state index contributed by atoms with van der Waals surface area (Å²) < 4.78 is 0. The Bertz CT molecular complexity index is 8390. The molecular formula is C118H74N16. The average Bonchev–Trinajstić information content (AvgIpc) is 0.749. The van der Waals surface area contributed by atoms with Gasteiger partial charge in [0.05, 0.1) is 45.3 Å². The number of nitriles is 1. The molecule has 18 aromatic carbocycles. The van der Waals surface area contributed by atoms with E-state index in [-0.39, 0.29) is 0 Å². The molecular weight excluding hydrogens is 1640 g/mol. The second kappa shape index (κ2) is 36.6. The maximum atomic E-state index is 9.22. The van der Waals surface area contributed by atoms with Gasteiger partial charge >= 0.3 is 0 Å². The zero-order valence-corrected chi connectivity index (χ0v) is 71.9. The van der Waals surface area contributed by atoms with E-state index in [2.05, 4.69) is 152 Å². The number of fused-ring (bicyclic) bond motifs is 7. The van der Waals surface area contributed by atoms with E-state index in [1.54, 1.807) is 12.1 Å². The van der Waals surface area contributed by atoms with Gasteiger partial charge < -0.3 is 0 Å². The molecule has 0 N–H and O–H groups in total. The van der Waals surface area contributed by atoms with Crippen LogP contribution in [0.2, 0.25) is 0 Å². The lowest BCUT2D eigenvalue weighted by molar-refractivity contribution is 1.07. The lowest BCUT2D eigenvalue weighted by Gasteiger charge is -2.13. The van der Waals surface area contributed by atoms with Crippen molar-refractivity contribution in [2.75, 3.05) is 0 Å². The monoisotopic (exact) mass is 1710 g/mol. The molecule has 16 nitrogen and oxygen atoms in total. The Hall–Kier alpha value is -18.7. The van der Waals surface area contributed by atoms with Gasteiger partial charge in [0.2, 0.25) is 0 Å². The van der Waals surface area contributed by atoms with E-state index in [1.807, 2.05) is 291 Å². The van der Waals surface area contributed by atoms with Gasteiger partial charge in [0.25, 0.3) is 0 Å².